The minimum absolute atomic E-state index is 0.0153. The minimum Gasteiger partial charge on any atom is -0.377 e. The van der Waals surface area contributed by atoms with Crippen molar-refractivity contribution >= 4 is 26.5 Å². The number of aromatic nitrogens is 2. The van der Waals surface area contributed by atoms with Gasteiger partial charge in [0.2, 0.25) is 15.9 Å². The van der Waals surface area contributed by atoms with Gasteiger partial charge in [-0.15, -0.1) is 0 Å². The highest BCUT2D eigenvalue weighted by Crippen LogP contribution is 2.39. The lowest BCUT2D eigenvalue weighted by Crippen LogP contribution is -2.32. The second-order valence-corrected chi connectivity index (χ2v) is 11.2. The Balaban J connectivity index is 1.40. The van der Waals surface area contributed by atoms with E-state index in [1.54, 1.807) is 18.2 Å². The summed E-state index contributed by atoms with van der Waals surface area (Å²) in [5.74, 6) is 0.643. The van der Waals surface area contributed by atoms with Crippen molar-refractivity contribution in [3.05, 3.63) is 84.0 Å². The average Bonchev–Trinajstić information content (AvgIpc) is 3.50. The van der Waals surface area contributed by atoms with E-state index in [-0.39, 0.29) is 23.8 Å². The molecule has 5 rings (SSSR count). The van der Waals surface area contributed by atoms with Crippen molar-refractivity contribution < 1.29 is 17.3 Å². The van der Waals surface area contributed by atoms with E-state index >= 15 is 0 Å². The van der Waals surface area contributed by atoms with Gasteiger partial charge in [-0.2, -0.15) is 9.29 Å². The smallest absolute Gasteiger partial charge is 0.245 e. The van der Waals surface area contributed by atoms with Gasteiger partial charge in [-0.05, 0) is 30.5 Å². The summed E-state index contributed by atoms with van der Waals surface area (Å²) >= 11 is 0. The Hall–Kier alpha value is -3.30. The lowest BCUT2D eigenvalue weighted by molar-refractivity contribution is 0.289. The van der Waals surface area contributed by atoms with E-state index in [1.165, 1.54) is 9.87 Å². The zero-order valence-corrected chi connectivity index (χ0v) is 21.2. The number of hydrogen-bond acceptors (Lipinski definition) is 6. The summed E-state index contributed by atoms with van der Waals surface area (Å²) in [5.41, 5.74) is 2.13. The number of nitrogens with zero attached hydrogens (tertiary/aromatic N) is 4. The van der Waals surface area contributed by atoms with Gasteiger partial charge in [0.1, 0.15) is 12.2 Å². The Morgan fingerprint density at radius 2 is 1.75 bits per heavy atom. The van der Waals surface area contributed by atoms with Crippen molar-refractivity contribution in [2.24, 2.45) is 0 Å². The molecule has 0 amide bonds. The summed E-state index contributed by atoms with van der Waals surface area (Å²) < 4.78 is 49.0. The fourth-order valence-corrected chi connectivity index (χ4v) is 6.68. The maximum Gasteiger partial charge on any atom is 0.245 e. The number of halogens is 1. The molecule has 1 aliphatic heterocycles. The molecule has 0 spiro atoms. The SMILES string of the molecule is CN(C)c1cccc2c(S(=O)(=O)N3C[C@H](F)C[C@H]3c3nc(CCCc4ccccc4)no3)cccc12. The standard InChI is InChI=1S/C27H29FN4O3S/c1-31(2)23-14-7-13-22-21(23)12-8-15-25(22)36(33,34)32-18-20(28)17-24(32)27-29-26(30-35-27)16-6-11-19-9-4-3-5-10-19/h3-5,7-10,12-15,20,24H,6,11,16-18H2,1-2H3/t20-,24+/m1/s1. The van der Waals surface area contributed by atoms with Crippen molar-refractivity contribution in [3.63, 3.8) is 0 Å². The van der Waals surface area contributed by atoms with Crippen molar-refractivity contribution in [2.75, 3.05) is 25.5 Å². The molecule has 4 aromatic rings. The van der Waals surface area contributed by atoms with Crippen LogP contribution in [-0.2, 0) is 22.9 Å². The van der Waals surface area contributed by atoms with Crippen LogP contribution >= 0.6 is 0 Å². The maximum absolute atomic E-state index is 14.6. The summed E-state index contributed by atoms with van der Waals surface area (Å²) in [7, 11) is -0.215. The van der Waals surface area contributed by atoms with Crippen LogP contribution in [0, 0.1) is 0 Å². The van der Waals surface area contributed by atoms with E-state index < -0.39 is 22.2 Å². The number of aryl methyl sites for hydroxylation is 2. The van der Waals surface area contributed by atoms with E-state index in [0.29, 0.717) is 17.6 Å². The second-order valence-electron chi connectivity index (χ2n) is 9.33. The van der Waals surface area contributed by atoms with E-state index in [1.807, 2.05) is 55.4 Å². The van der Waals surface area contributed by atoms with E-state index in [2.05, 4.69) is 22.3 Å². The third-order valence-electron chi connectivity index (χ3n) is 6.61. The van der Waals surface area contributed by atoms with Gasteiger partial charge in [0.05, 0.1) is 4.90 Å². The fraction of sp³-hybridized carbons (Fsp3) is 0.333. The summed E-state index contributed by atoms with van der Waals surface area (Å²) in [6.07, 6.45) is 0.958. The molecule has 9 heteroatoms. The largest absolute Gasteiger partial charge is 0.377 e. The number of fused-ring (bicyclic) bond motifs is 1. The Labute approximate surface area is 210 Å². The molecule has 0 aliphatic carbocycles. The van der Waals surface area contributed by atoms with Crippen LogP contribution in [0.15, 0.2) is 76.1 Å². The van der Waals surface area contributed by atoms with Gasteiger partial charge in [-0.1, -0.05) is 59.8 Å². The average molecular weight is 509 g/mol. The van der Waals surface area contributed by atoms with Gasteiger partial charge in [0.25, 0.3) is 0 Å². The normalized spacial score (nSPS) is 18.6. The van der Waals surface area contributed by atoms with Crippen LogP contribution in [0.2, 0.25) is 0 Å². The maximum atomic E-state index is 14.6. The molecule has 7 nitrogen and oxygen atoms in total. The van der Waals surface area contributed by atoms with Gasteiger partial charge in [-0.25, -0.2) is 12.8 Å². The van der Waals surface area contributed by atoms with Crippen LogP contribution in [0.4, 0.5) is 10.1 Å². The first-order chi connectivity index (χ1) is 17.3. The van der Waals surface area contributed by atoms with Crippen molar-refractivity contribution in [1.29, 1.82) is 0 Å². The Bertz CT molecular complexity index is 1460. The summed E-state index contributed by atoms with van der Waals surface area (Å²) in [6.45, 7) is -0.248. The molecule has 3 aromatic carbocycles. The van der Waals surface area contributed by atoms with Crippen LogP contribution < -0.4 is 4.90 Å². The third kappa shape index (κ3) is 4.73. The Kier molecular flexibility index (Phi) is 6.77. The molecule has 0 radical (unpaired) electrons. The van der Waals surface area contributed by atoms with Crippen LogP contribution in [-0.4, -0.2) is 49.7 Å². The van der Waals surface area contributed by atoms with Crippen LogP contribution in [0.5, 0.6) is 0 Å². The van der Waals surface area contributed by atoms with E-state index in [9.17, 15) is 12.8 Å². The van der Waals surface area contributed by atoms with Crippen molar-refractivity contribution in [1.82, 2.24) is 14.4 Å². The molecule has 0 bridgehead atoms. The molecule has 1 fully saturated rings. The first-order valence-corrected chi connectivity index (χ1v) is 13.5. The zero-order valence-electron chi connectivity index (χ0n) is 20.3. The van der Waals surface area contributed by atoms with E-state index in [4.69, 9.17) is 4.52 Å². The number of benzene rings is 3. The first-order valence-electron chi connectivity index (χ1n) is 12.1. The molecule has 188 valence electrons. The van der Waals surface area contributed by atoms with Gasteiger partial charge in [0, 0.05) is 49.9 Å². The number of hydrogen-bond donors (Lipinski definition) is 0. The highest BCUT2D eigenvalue weighted by Gasteiger charge is 2.44. The predicted octanol–water partition coefficient (Wildman–Crippen LogP) is 4.94. The molecule has 1 aliphatic rings. The molecule has 2 atom stereocenters. The number of sulfonamides is 1. The Morgan fingerprint density at radius 3 is 2.53 bits per heavy atom. The summed E-state index contributed by atoms with van der Waals surface area (Å²) in [6, 6.07) is 20.0. The summed E-state index contributed by atoms with van der Waals surface area (Å²) in [4.78, 5) is 6.54. The molecule has 1 aromatic heterocycles. The molecular weight excluding hydrogens is 479 g/mol. The quantitative estimate of drug-likeness (QED) is 0.336. The first kappa shape index (κ1) is 24.4. The van der Waals surface area contributed by atoms with Crippen LogP contribution in [0.25, 0.3) is 10.8 Å². The topological polar surface area (TPSA) is 79.5 Å². The van der Waals surface area contributed by atoms with Crippen molar-refractivity contribution in [2.45, 2.75) is 42.8 Å². The minimum atomic E-state index is -4.03. The van der Waals surface area contributed by atoms with Gasteiger partial charge >= 0.3 is 0 Å². The van der Waals surface area contributed by atoms with Gasteiger partial charge in [0.15, 0.2) is 5.82 Å². The molecule has 0 unspecified atom stereocenters. The lowest BCUT2D eigenvalue weighted by atomic mass is 10.1. The lowest BCUT2D eigenvalue weighted by Gasteiger charge is -2.23. The molecule has 2 heterocycles. The number of alkyl halides is 1. The fourth-order valence-electron chi connectivity index (χ4n) is 4.85. The van der Waals surface area contributed by atoms with Gasteiger partial charge in [-0.3, -0.25) is 0 Å². The van der Waals surface area contributed by atoms with Gasteiger partial charge < -0.3 is 9.42 Å². The number of anilines is 1. The second kappa shape index (κ2) is 9.99. The third-order valence-corrected chi connectivity index (χ3v) is 8.54. The van der Waals surface area contributed by atoms with E-state index in [0.717, 1.165) is 23.9 Å². The zero-order chi connectivity index (χ0) is 25.3. The summed E-state index contributed by atoms with van der Waals surface area (Å²) in [5, 5.41) is 5.46. The molecule has 36 heavy (non-hydrogen) atoms. The molecule has 0 saturated carbocycles. The van der Waals surface area contributed by atoms with Crippen molar-refractivity contribution in [3.8, 4) is 0 Å². The Morgan fingerprint density at radius 1 is 1.00 bits per heavy atom. The van der Waals surface area contributed by atoms with Crippen LogP contribution in [0.3, 0.4) is 0 Å². The van der Waals surface area contributed by atoms with Crippen LogP contribution in [0.1, 0.15) is 36.2 Å². The molecule has 1 saturated heterocycles. The highest BCUT2D eigenvalue weighted by molar-refractivity contribution is 7.89. The molecular formula is C27H29FN4O3S. The highest BCUT2D eigenvalue weighted by atomic mass is 32.2. The monoisotopic (exact) mass is 508 g/mol. The predicted molar refractivity (Wildman–Crippen MR) is 137 cm³/mol. The molecule has 0 N–H and O–H groups in total. The number of rotatable bonds is 8.